The van der Waals surface area contributed by atoms with Crippen LogP contribution < -0.4 is 25.4 Å². The molecule has 0 bridgehead atoms. The van der Waals surface area contributed by atoms with Crippen molar-refractivity contribution in [3.8, 4) is 22.8 Å². The van der Waals surface area contributed by atoms with Gasteiger partial charge in [-0.05, 0) is 85.3 Å². The maximum atomic E-state index is 13.4. The molecule has 0 fully saturated rings. The van der Waals surface area contributed by atoms with Gasteiger partial charge in [-0.1, -0.05) is 36.4 Å². The lowest BCUT2D eigenvalue weighted by molar-refractivity contribution is -0.114. The van der Waals surface area contributed by atoms with E-state index >= 15 is 0 Å². The predicted molar refractivity (Wildman–Crippen MR) is 188 cm³/mol. The molecule has 238 valence electrons. The van der Waals surface area contributed by atoms with Gasteiger partial charge in [0.2, 0.25) is 5.91 Å². The number of rotatable bonds is 13. The molecule has 1 heterocycles. The predicted octanol–water partition coefficient (Wildman–Crippen LogP) is 7.36. The highest BCUT2D eigenvalue weighted by molar-refractivity contribution is 8.00. The summed E-state index contributed by atoms with van der Waals surface area (Å²) in [6.07, 6.45) is 1.60. The van der Waals surface area contributed by atoms with Crippen molar-refractivity contribution in [2.24, 2.45) is 0 Å². The molecule has 0 saturated carbocycles. The average Bonchev–Trinajstić information content (AvgIpc) is 3.56. The Morgan fingerprint density at radius 2 is 1.62 bits per heavy atom. The van der Waals surface area contributed by atoms with E-state index in [-0.39, 0.29) is 17.4 Å². The van der Waals surface area contributed by atoms with Crippen molar-refractivity contribution in [2.45, 2.75) is 11.8 Å². The van der Waals surface area contributed by atoms with E-state index in [1.54, 1.807) is 79.9 Å². The Hall–Kier alpha value is -5.39. The quantitative estimate of drug-likeness (QED) is 0.0889. The minimum absolute atomic E-state index is 0.0644. The van der Waals surface area contributed by atoms with E-state index in [1.807, 2.05) is 48.7 Å². The summed E-state index contributed by atoms with van der Waals surface area (Å²) in [6.45, 7) is 2.54. The normalized spacial score (nSPS) is 11.0. The lowest BCUT2D eigenvalue weighted by atomic mass is 10.1. The maximum absolute atomic E-state index is 13.4. The second-order valence-corrected chi connectivity index (χ2v) is 11.9. The Kier molecular flexibility index (Phi) is 11.4. The van der Waals surface area contributed by atoms with E-state index in [9.17, 15) is 14.4 Å². The van der Waals surface area contributed by atoms with Crippen molar-refractivity contribution >= 4 is 57.7 Å². The van der Waals surface area contributed by atoms with E-state index < -0.39 is 11.8 Å². The van der Waals surface area contributed by atoms with E-state index in [1.165, 1.54) is 23.1 Å². The fraction of sp³-hybridized carbons (Fsp3) is 0.111. The van der Waals surface area contributed by atoms with Gasteiger partial charge in [0, 0.05) is 27.1 Å². The fourth-order valence-corrected chi connectivity index (χ4v) is 5.82. The standard InChI is InChI=1S/C36H32N4O5S2/c1-3-45-29-18-14-25(15-19-29)32-22-47-36(39-32)40-33(41)23-46-30-11-7-10-27(21-30)37-35(43)31(20-24-12-16-28(44-2)17-13-24)38-34(42)26-8-5-4-6-9-26/h4-22H,3,23H2,1-2H3,(H,37,43)(H,38,42)(H,39,40,41)/b31-20+. The second kappa shape index (κ2) is 16.3. The zero-order valence-corrected chi connectivity index (χ0v) is 27.3. The van der Waals surface area contributed by atoms with Crippen molar-refractivity contribution in [3.05, 3.63) is 125 Å². The van der Waals surface area contributed by atoms with Crippen LogP contribution in [0.25, 0.3) is 17.3 Å². The number of benzene rings is 4. The topological polar surface area (TPSA) is 119 Å². The number of anilines is 2. The monoisotopic (exact) mass is 664 g/mol. The molecule has 0 aliphatic heterocycles. The van der Waals surface area contributed by atoms with Gasteiger partial charge in [-0.3, -0.25) is 14.4 Å². The summed E-state index contributed by atoms with van der Waals surface area (Å²) >= 11 is 2.68. The third-order valence-electron chi connectivity index (χ3n) is 6.63. The Bertz CT molecular complexity index is 1860. The summed E-state index contributed by atoms with van der Waals surface area (Å²) in [5.74, 6) is 0.487. The number of carbonyl (C=O) groups excluding carboxylic acids is 3. The lowest BCUT2D eigenvalue weighted by Crippen LogP contribution is -2.30. The number of methoxy groups -OCH3 is 1. The molecule has 4 aromatic carbocycles. The molecule has 0 atom stereocenters. The van der Waals surface area contributed by atoms with E-state index in [0.717, 1.165) is 21.9 Å². The highest BCUT2D eigenvalue weighted by Gasteiger charge is 2.16. The summed E-state index contributed by atoms with van der Waals surface area (Å²) in [5, 5.41) is 10.9. The molecule has 0 aliphatic carbocycles. The van der Waals surface area contributed by atoms with E-state index in [2.05, 4.69) is 20.9 Å². The molecule has 11 heteroatoms. The zero-order valence-electron chi connectivity index (χ0n) is 25.7. The Morgan fingerprint density at radius 3 is 2.34 bits per heavy atom. The van der Waals surface area contributed by atoms with Crippen molar-refractivity contribution in [3.63, 3.8) is 0 Å². The van der Waals surface area contributed by atoms with Gasteiger partial charge in [0.1, 0.15) is 17.2 Å². The molecule has 0 aliphatic rings. The number of hydrogen-bond donors (Lipinski definition) is 3. The van der Waals surface area contributed by atoms with Crippen LogP contribution in [-0.2, 0) is 9.59 Å². The van der Waals surface area contributed by atoms with Gasteiger partial charge < -0.3 is 25.4 Å². The SMILES string of the molecule is CCOc1ccc(-c2csc(NC(=O)CSc3cccc(NC(=O)/C(=C\c4ccc(OC)cc4)NC(=O)c4ccccc4)c3)n2)cc1. The summed E-state index contributed by atoms with van der Waals surface area (Å²) < 4.78 is 10.7. The van der Waals surface area contributed by atoms with Crippen LogP contribution in [0, 0.1) is 0 Å². The van der Waals surface area contributed by atoms with Crippen LogP contribution in [0.15, 0.2) is 119 Å². The number of aromatic nitrogens is 1. The third-order valence-corrected chi connectivity index (χ3v) is 8.38. The molecule has 9 nitrogen and oxygen atoms in total. The molecule has 5 aromatic rings. The molecule has 0 unspecified atom stereocenters. The van der Waals surface area contributed by atoms with Crippen LogP contribution in [0.2, 0.25) is 0 Å². The number of nitrogens with one attached hydrogen (secondary N) is 3. The summed E-state index contributed by atoms with van der Waals surface area (Å²) in [5.41, 5.74) is 3.39. The highest BCUT2D eigenvalue weighted by Crippen LogP contribution is 2.27. The first-order valence-corrected chi connectivity index (χ1v) is 16.5. The van der Waals surface area contributed by atoms with Crippen LogP contribution in [-0.4, -0.2) is 42.2 Å². The molecule has 3 amide bonds. The number of carbonyl (C=O) groups is 3. The first kappa shape index (κ1) is 33.0. The number of thiazole rings is 1. The van der Waals surface area contributed by atoms with Gasteiger partial charge in [0.25, 0.3) is 11.8 Å². The molecule has 1 aromatic heterocycles. The molecule has 3 N–H and O–H groups in total. The van der Waals surface area contributed by atoms with Gasteiger partial charge in [0.05, 0.1) is 25.2 Å². The summed E-state index contributed by atoms with van der Waals surface area (Å²) in [7, 11) is 1.57. The number of hydrogen-bond acceptors (Lipinski definition) is 8. The first-order chi connectivity index (χ1) is 22.9. The number of ether oxygens (including phenoxy) is 2. The molecule has 0 spiro atoms. The Balaban J connectivity index is 1.21. The van der Waals surface area contributed by atoms with Crippen molar-refractivity contribution in [1.82, 2.24) is 10.3 Å². The van der Waals surface area contributed by atoms with Crippen molar-refractivity contribution in [1.29, 1.82) is 0 Å². The van der Waals surface area contributed by atoms with Crippen LogP contribution >= 0.6 is 23.1 Å². The van der Waals surface area contributed by atoms with Gasteiger partial charge in [-0.25, -0.2) is 4.98 Å². The smallest absolute Gasteiger partial charge is 0.272 e. The molecular weight excluding hydrogens is 633 g/mol. The zero-order chi connectivity index (χ0) is 33.0. The van der Waals surface area contributed by atoms with E-state index in [0.29, 0.717) is 34.3 Å². The van der Waals surface area contributed by atoms with E-state index in [4.69, 9.17) is 9.47 Å². The van der Waals surface area contributed by atoms with Crippen LogP contribution in [0.4, 0.5) is 10.8 Å². The van der Waals surface area contributed by atoms with Crippen molar-refractivity contribution < 1.29 is 23.9 Å². The lowest BCUT2D eigenvalue weighted by Gasteiger charge is -2.12. The molecule has 47 heavy (non-hydrogen) atoms. The first-order valence-electron chi connectivity index (χ1n) is 14.6. The summed E-state index contributed by atoms with van der Waals surface area (Å²) in [4.78, 5) is 44.4. The van der Waals surface area contributed by atoms with Gasteiger partial charge in [-0.15, -0.1) is 23.1 Å². The summed E-state index contributed by atoms with van der Waals surface area (Å²) in [6, 6.07) is 30.6. The number of amides is 3. The van der Waals surface area contributed by atoms with Crippen molar-refractivity contribution in [2.75, 3.05) is 30.1 Å². The highest BCUT2D eigenvalue weighted by atomic mass is 32.2. The Labute approximate surface area is 281 Å². The number of nitrogens with zero attached hydrogens (tertiary/aromatic N) is 1. The molecule has 0 saturated heterocycles. The van der Waals surface area contributed by atoms with Crippen LogP contribution in [0.3, 0.4) is 0 Å². The molecular formula is C36H32N4O5S2. The fourth-order valence-electron chi connectivity index (χ4n) is 4.33. The second-order valence-electron chi connectivity index (χ2n) is 9.97. The maximum Gasteiger partial charge on any atom is 0.272 e. The average molecular weight is 665 g/mol. The minimum atomic E-state index is -0.503. The minimum Gasteiger partial charge on any atom is -0.497 e. The Morgan fingerprint density at radius 1 is 0.872 bits per heavy atom. The molecule has 0 radical (unpaired) electrons. The number of thioether (sulfide) groups is 1. The van der Waals surface area contributed by atoms with Gasteiger partial charge in [-0.2, -0.15) is 0 Å². The molecule has 5 rings (SSSR count). The largest absolute Gasteiger partial charge is 0.497 e. The van der Waals surface area contributed by atoms with Crippen LogP contribution in [0.5, 0.6) is 11.5 Å². The third kappa shape index (κ3) is 9.55. The van der Waals surface area contributed by atoms with Gasteiger partial charge in [0.15, 0.2) is 5.13 Å². The van der Waals surface area contributed by atoms with Crippen LogP contribution in [0.1, 0.15) is 22.8 Å². The van der Waals surface area contributed by atoms with Gasteiger partial charge >= 0.3 is 0 Å².